The van der Waals surface area contributed by atoms with Crippen molar-refractivity contribution in [3.05, 3.63) is 52.1 Å². The highest BCUT2D eigenvalue weighted by Crippen LogP contribution is 2.30. The highest BCUT2D eigenvalue weighted by Gasteiger charge is 2.29. The van der Waals surface area contributed by atoms with Crippen LogP contribution in [0.1, 0.15) is 39.3 Å². The Labute approximate surface area is 156 Å². The molecular formula is C19H21N5OS. The molecule has 1 aliphatic rings. The van der Waals surface area contributed by atoms with Crippen LogP contribution in [0.4, 0.5) is 0 Å². The van der Waals surface area contributed by atoms with Crippen molar-refractivity contribution in [1.29, 1.82) is 0 Å². The standard InChI is InChI=1S/C19H21N5OS/c1-13-20-21-18(26-13)15-9-6-10-24(12-15)19(25)17-11-16(22-23(17)2)14-7-4-3-5-8-14/h3-5,7-8,11,15H,6,9-10,12H2,1-2H3/t15-/m0/s1. The van der Waals surface area contributed by atoms with E-state index in [0.717, 1.165) is 40.7 Å². The summed E-state index contributed by atoms with van der Waals surface area (Å²) < 4.78 is 1.68. The van der Waals surface area contributed by atoms with E-state index in [-0.39, 0.29) is 11.8 Å². The number of benzene rings is 1. The zero-order chi connectivity index (χ0) is 18.1. The summed E-state index contributed by atoms with van der Waals surface area (Å²) in [6.07, 6.45) is 2.04. The number of hydrogen-bond donors (Lipinski definition) is 0. The van der Waals surface area contributed by atoms with Crippen LogP contribution in [-0.4, -0.2) is 43.9 Å². The van der Waals surface area contributed by atoms with E-state index in [1.54, 1.807) is 16.0 Å². The third kappa shape index (κ3) is 3.26. The normalized spacial score (nSPS) is 17.5. The topological polar surface area (TPSA) is 63.9 Å². The third-order valence-corrected chi connectivity index (χ3v) is 5.77. The van der Waals surface area contributed by atoms with Crippen LogP contribution in [0.5, 0.6) is 0 Å². The summed E-state index contributed by atoms with van der Waals surface area (Å²) in [7, 11) is 1.83. The van der Waals surface area contributed by atoms with Crippen molar-refractivity contribution in [2.45, 2.75) is 25.7 Å². The molecule has 1 aromatic carbocycles. The molecule has 1 saturated heterocycles. The Morgan fingerprint density at radius 3 is 2.77 bits per heavy atom. The number of aromatic nitrogens is 4. The van der Waals surface area contributed by atoms with Gasteiger partial charge in [0.25, 0.3) is 5.91 Å². The van der Waals surface area contributed by atoms with Crippen LogP contribution in [0.25, 0.3) is 11.3 Å². The minimum atomic E-state index is 0.0353. The average molecular weight is 367 g/mol. The van der Waals surface area contributed by atoms with Crippen LogP contribution >= 0.6 is 11.3 Å². The molecule has 1 amide bonds. The molecule has 26 heavy (non-hydrogen) atoms. The first-order valence-corrected chi connectivity index (χ1v) is 9.62. The van der Waals surface area contributed by atoms with Crippen LogP contribution in [0.15, 0.2) is 36.4 Å². The van der Waals surface area contributed by atoms with Gasteiger partial charge in [0.1, 0.15) is 15.7 Å². The summed E-state index contributed by atoms with van der Waals surface area (Å²) in [5.74, 6) is 0.314. The lowest BCUT2D eigenvalue weighted by molar-refractivity contribution is 0.0695. The SMILES string of the molecule is Cc1nnc([C@H]2CCCN(C(=O)c3cc(-c4ccccc4)nn3C)C2)s1. The number of carbonyl (C=O) groups is 1. The van der Waals surface area contributed by atoms with E-state index in [2.05, 4.69) is 15.3 Å². The molecule has 2 aromatic heterocycles. The summed E-state index contributed by atoms with van der Waals surface area (Å²) in [5, 5.41) is 14.9. The van der Waals surface area contributed by atoms with Crippen LogP contribution in [-0.2, 0) is 7.05 Å². The second kappa shape index (κ2) is 6.99. The summed E-state index contributed by atoms with van der Waals surface area (Å²) in [6.45, 7) is 3.44. The van der Waals surface area contributed by atoms with Crippen molar-refractivity contribution in [3.63, 3.8) is 0 Å². The van der Waals surface area contributed by atoms with Crippen LogP contribution in [0.3, 0.4) is 0 Å². The van der Waals surface area contributed by atoms with Gasteiger partial charge in [-0.1, -0.05) is 30.3 Å². The summed E-state index contributed by atoms with van der Waals surface area (Å²) in [5.41, 5.74) is 2.46. The number of amides is 1. The second-order valence-corrected chi connectivity index (χ2v) is 7.87. The molecule has 134 valence electrons. The third-order valence-electron chi connectivity index (χ3n) is 4.77. The van der Waals surface area contributed by atoms with Crippen molar-refractivity contribution in [2.75, 3.05) is 13.1 Å². The molecule has 3 aromatic rings. The van der Waals surface area contributed by atoms with Gasteiger partial charge in [0, 0.05) is 31.6 Å². The maximum atomic E-state index is 13.1. The van der Waals surface area contributed by atoms with E-state index < -0.39 is 0 Å². The van der Waals surface area contributed by atoms with Gasteiger partial charge in [-0.05, 0) is 25.8 Å². The van der Waals surface area contributed by atoms with Crippen molar-refractivity contribution in [3.8, 4) is 11.3 Å². The lowest BCUT2D eigenvalue weighted by Crippen LogP contribution is -2.39. The highest BCUT2D eigenvalue weighted by molar-refractivity contribution is 7.11. The Bertz CT molecular complexity index is 917. The average Bonchev–Trinajstić information content (AvgIpc) is 3.28. The maximum absolute atomic E-state index is 13.1. The van der Waals surface area contributed by atoms with E-state index in [0.29, 0.717) is 12.2 Å². The minimum Gasteiger partial charge on any atom is -0.337 e. The Kier molecular flexibility index (Phi) is 4.55. The van der Waals surface area contributed by atoms with Crippen LogP contribution < -0.4 is 0 Å². The molecule has 1 aliphatic heterocycles. The van der Waals surface area contributed by atoms with Crippen molar-refractivity contribution in [2.24, 2.45) is 7.05 Å². The molecule has 1 atom stereocenters. The zero-order valence-electron chi connectivity index (χ0n) is 14.9. The number of rotatable bonds is 3. The number of likely N-dealkylation sites (tertiary alicyclic amines) is 1. The van der Waals surface area contributed by atoms with E-state index in [1.807, 2.05) is 55.3 Å². The molecule has 1 fully saturated rings. The van der Waals surface area contributed by atoms with Gasteiger partial charge in [-0.2, -0.15) is 5.10 Å². The van der Waals surface area contributed by atoms with Crippen LogP contribution in [0.2, 0.25) is 0 Å². The highest BCUT2D eigenvalue weighted by atomic mass is 32.1. The van der Waals surface area contributed by atoms with Gasteiger partial charge in [0.2, 0.25) is 0 Å². The molecule has 0 radical (unpaired) electrons. The predicted molar refractivity (Wildman–Crippen MR) is 101 cm³/mol. The number of hydrogen-bond acceptors (Lipinski definition) is 5. The molecule has 0 N–H and O–H groups in total. The first kappa shape index (κ1) is 16.9. The maximum Gasteiger partial charge on any atom is 0.272 e. The van der Waals surface area contributed by atoms with Gasteiger partial charge in [0.15, 0.2) is 0 Å². The summed E-state index contributed by atoms with van der Waals surface area (Å²) in [6, 6.07) is 11.8. The van der Waals surface area contributed by atoms with Crippen molar-refractivity contribution in [1.82, 2.24) is 24.9 Å². The lowest BCUT2D eigenvalue weighted by atomic mass is 9.98. The van der Waals surface area contributed by atoms with E-state index >= 15 is 0 Å². The number of aryl methyl sites for hydroxylation is 2. The molecule has 0 saturated carbocycles. The fourth-order valence-corrected chi connectivity index (χ4v) is 4.24. The Balaban J connectivity index is 1.55. The smallest absolute Gasteiger partial charge is 0.272 e. The number of nitrogens with zero attached hydrogens (tertiary/aromatic N) is 5. The quantitative estimate of drug-likeness (QED) is 0.713. The molecule has 0 aliphatic carbocycles. The van der Waals surface area contributed by atoms with E-state index in [9.17, 15) is 4.79 Å². The molecule has 0 bridgehead atoms. The molecule has 7 heteroatoms. The molecule has 0 spiro atoms. The summed E-state index contributed by atoms with van der Waals surface area (Å²) in [4.78, 5) is 15.0. The first-order valence-electron chi connectivity index (χ1n) is 8.80. The predicted octanol–water partition coefficient (Wildman–Crippen LogP) is 3.27. The lowest BCUT2D eigenvalue weighted by Gasteiger charge is -2.31. The van der Waals surface area contributed by atoms with Crippen LogP contribution in [0, 0.1) is 6.92 Å². The molecule has 3 heterocycles. The zero-order valence-corrected chi connectivity index (χ0v) is 15.7. The molecule has 0 unspecified atom stereocenters. The number of carbonyl (C=O) groups excluding carboxylic acids is 1. The monoisotopic (exact) mass is 367 g/mol. The van der Waals surface area contributed by atoms with Gasteiger partial charge in [-0.3, -0.25) is 9.48 Å². The second-order valence-electron chi connectivity index (χ2n) is 6.65. The van der Waals surface area contributed by atoms with Crippen molar-refractivity contribution >= 4 is 17.2 Å². The Hall–Kier alpha value is -2.54. The first-order chi connectivity index (χ1) is 12.6. The largest absolute Gasteiger partial charge is 0.337 e. The van der Waals surface area contributed by atoms with Gasteiger partial charge in [0.05, 0.1) is 5.69 Å². The van der Waals surface area contributed by atoms with E-state index in [1.165, 1.54) is 0 Å². The van der Waals surface area contributed by atoms with Gasteiger partial charge in [-0.25, -0.2) is 0 Å². The number of piperidine rings is 1. The molecule has 4 rings (SSSR count). The fraction of sp³-hybridized carbons (Fsp3) is 0.368. The summed E-state index contributed by atoms with van der Waals surface area (Å²) >= 11 is 1.63. The van der Waals surface area contributed by atoms with E-state index in [4.69, 9.17) is 0 Å². The fourth-order valence-electron chi connectivity index (χ4n) is 3.42. The molecular weight excluding hydrogens is 346 g/mol. The minimum absolute atomic E-state index is 0.0353. The van der Waals surface area contributed by atoms with Gasteiger partial charge < -0.3 is 4.90 Å². The Morgan fingerprint density at radius 1 is 1.23 bits per heavy atom. The Morgan fingerprint density at radius 2 is 2.04 bits per heavy atom. The van der Waals surface area contributed by atoms with Gasteiger partial charge in [-0.15, -0.1) is 21.5 Å². The molecule has 6 nitrogen and oxygen atoms in total. The van der Waals surface area contributed by atoms with Gasteiger partial charge >= 0.3 is 0 Å². The van der Waals surface area contributed by atoms with Crippen molar-refractivity contribution < 1.29 is 4.79 Å².